The van der Waals surface area contributed by atoms with Gasteiger partial charge in [0.25, 0.3) is 0 Å². The normalized spacial score (nSPS) is 11.2. The number of hydrogen-bond donors (Lipinski definition) is 0. The molecule has 13 heavy (non-hydrogen) atoms. The molecule has 0 amide bonds. The van der Waals surface area contributed by atoms with Gasteiger partial charge in [-0.15, -0.1) is 0 Å². The lowest BCUT2D eigenvalue weighted by atomic mass is 10.1. The van der Waals surface area contributed by atoms with E-state index in [1.54, 1.807) is 0 Å². The highest BCUT2D eigenvalue weighted by molar-refractivity contribution is 4.71. The van der Waals surface area contributed by atoms with Gasteiger partial charge < -0.3 is 0 Å². The van der Waals surface area contributed by atoms with Gasteiger partial charge in [-0.05, 0) is 25.3 Å². The zero-order valence-corrected chi connectivity index (χ0v) is 9.44. The Morgan fingerprint density at radius 3 is 2.08 bits per heavy atom. The molecular formula is C13H25. The lowest BCUT2D eigenvalue weighted by Crippen LogP contribution is -1.78. The molecule has 77 valence electrons. The molecule has 0 aliphatic heterocycles. The van der Waals surface area contributed by atoms with E-state index in [2.05, 4.69) is 26.0 Å². The highest BCUT2D eigenvalue weighted by Crippen LogP contribution is 2.08. The minimum absolute atomic E-state index is 1.07. The van der Waals surface area contributed by atoms with E-state index >= 15 is 0 Å². The molecule has 0 aromatic heterocycles. The molecule has 0 bridgehead atoms. The summed E-state index contributed by atoms with van der Waals surface area (Å²) in [5, 5.41) is 0. The van der Waals surface area contributed by atoms with Crippen LogP contribution < -0.4 is 0 Å². The van der Waals surface area contributed by atoms with Crippen LogP contribution in [0.2, 0.25) is 0 Å². The number of rotatable bonds is 9. The van der Waals surface area contributed by atoms with Crippen LogP contribution in [0.5, 0.6) is 0 Å². The van der Waals surface area contributed by atoms with Crippen molar-refractivity contribution in [3.05, 3.63) is 12.2 Å². The monoisotopic (exact) mass is 181 g/mol. The van der Waals surface area contributed by atoms with Gasteiger partial charge >= 0.3 is 0 Å². The summed E-state index contributed by atoms with van der Waals surface area (Å²) in [5.74, 6) is 0. The lowest BCUT2D eigenvalue weighted by Gasteiger charge is -1.98. The Bertz CT molecular complexity index is 103. The summed E-state index contributed by atoms with van der Waals surface area (Å²) in [6, 6.07) is 0. The molecular weight excluding hydrogens is 156 g/mol. The van der Waals surface area contributed by atoms with Gasteiger partial charge in [0.1, 0.15) is 0 Å². The summed E-state index contributed by atoms with van der Waals surface area (Å²) in [7, 11) is 0. The third kappa shape index (κ3) is 11.7. The van der Waals surface area contributed by atoms with E-state index in [0.29, 0.717) is 0 Å². The van der Waals surface area contributed by atoms with Gasteiger partial charge in [0, 0.05) is 0 Å². The molecule has 0 aromatic carbocycles. The van der Waals surface area contributed by atoms with Crippen LogP contribution in [-0.4, -0.2) is 0 Å². The summed E-state index contributed by atoms with van der Waals surface area (Å²) in [5.41, 5.74) is 0. The van der Waals surface area contributed by atoms with Gasteiger partial charge in [-0.2, -0.15) is 0 Å². The van der Waals surface area contributed by atoms with Crippen LogP contribution in [-0.2, 0) is 0 Å². The molecule has 0 heteroatoms. The first-order valence-electron chi connectivity index (χ1n) is 5.96. The van der Waals surface area contributed by atoms with Crippen molar-refractivity contribution in [1.82, 2.24) is 0 Å². The smallest absolute Gasteiger partial charge is 0.0308 e. The largest absolute Gasteiger partial charge is 0.0811 e. The van der Waals surface area contributed by atoms with Crippen LogP contribution in [0.4, 0.5) is 0 Å². The third-order valence-electron chi connectivity index (χ3n) is 2.30. The van der Waals surface area contributed by atoms with Crippen molar-refractivity contribution < 1.29 is 0 Å². The summed E-state index contributed by atoms with van der Waals surface area (Å²) < 4.78 is 0. The van der Waals surface area contributed by atoms with E-state index in [1.807, 2.05) is 0 Å². The van der Waals surface area contributed by atoms with Gasteiger partial charge in [-0.25, -0.2) is 0 Å². The Morgan fingerprint density at radius 1 is 0.846 bits per heavy atom. The van der Waals surface area contributed by atoms with Gasteiger partial charge in [-0.1, -0.05) is 58.4 Å². The van der Waals surface area contributed by atoms with Gasteiger partial charge in [0.05, 0.1) is 0 Å². The Balaban J connectivity index is 2.87. The van der Waals surface area contributed by atoms with Crippen molar-refractivity contribution >= 4 is 0 Å². The first-order chi connectivity index (χ1) is 6.41. The number of allylic oxidation sites excluding steroid dienone is 2. The zero-order chi connectivity index (χ0) is 9.78. The van der Waals surface area contributed by atoms with Crippen molar-refractivity contribution in [2.75, 3.05) is 0 Å². The molecule has 0 unspecified atom stereocenters. The third-order valence-corrected chi connectivity index (χ3v) is 2.30. The van der Waals surface area contributed by atoms with E-state index in [1.165, 1.54) is 51.4 Å². The molecule has 0 aromatic rings. The van der Waals surface area contributed by atoms with E-state index in [4.69, 9.17) is 0 Å². The maximum absolute atomic E-state index is 3.23. The Morgan fingerprint density at radius 2 is 1.46 bits per heavy atom. The molecule has 1 radical (unpaired) electrons. The van der Waals surface area contributed by atoms with Crippen LogP contribution in [0.1, 0.15) is 71.6 Å². The first-order valence-corrected chi connectivity index (χ1v) is 5.96. The van der Waals surface area contributed by atoms with E-state index in [-0.39, 0.29) is 0 Å². The Labute approximate surface area is 84.4 Å². The topological polar surface area (TPSA) is 0 Å². The van der Waals surface area contributed by atoms with Crippen molar-refractivity contribution in [3.63, 3.8) is 0 Å². The molecule has 0 heterocycles. The minimum Gasteiger partial charge on any atom is -0.0811 e. The van der Waals surface area contributed by atoms with Crippen molar-refractivity contribution in [1.29, 1.82) is 0 Å². The average molecular weight is 181 g/mol. The molecule has 0 fully saturated rings. The van der Waals surface area contributed by atoms with Crippen LogP contribution in [0.15, 0.2) is 6.08 Å². The number of unbranched alkanes of at least 4 members (excludes halogenated alkanes) is 7. The zero-order valence-electron chi connectivity index (χ0n) is 9.44. The Hall–Kier alpha value is -0.260. The molecule has 0 aliphatic carbocycles. The predicted octanol–water partition coefficient (Wildman–Crippen LogP) is 4.90. The SMILES string of the molecule is CC/[C]=C\CCCCCCCCC. The number of hydrogen-bond acceptors (Lipinski definition) is 0. The highest BCUT2D eigenvalue weighted by Gasteiger charge is 1.88. The summed E-state index contributed by atoms with van der Waals surface area (Å²) >= 11 is 0. The van der Waals surface area contributed by atoms with Crippen LogP contribution in [0, 0.1) is 6.08 Å². The molecule has 0 rings (SSSR count). The predicted molar refractivity (Wildman–Crippen MR) is 60.7 cm³/mol. The second-order valence-corrected chi connectivity index (χ2v) is 3.67. The summed E-state index contributed by atoms with van der Waals surface area (Å²) in [6.45, 7) is 4.41. The van der Waals surface area contributed by atoms with Crippen molar-refractivity contribution in [3.8, 4) is 0 Å². The highest BCUT2D eigenvalue weighted by atomic mass is 13.9. The van der Waals surface area contributed by atoms with Crippen LogP contribution >= 0.6 is 0 Å². The molecule has 0 N–H and O–H groups in total. The van der Waals surface area contributed by atoms with Gasteiger partial charge in [0.2, 0.25) is 0 Å². The minimum atomic E-state index is 1.07. The fourth-order valence-corrected chi connectivity index (χ4v) is 1.45. The molecule has 0 spiro atoms. The summed E-state index contributed by atoms with van der Waals surface area (Å²) in [4.78, 5) is 0. The first kappa shape index (κ1) is 12.7. The maximum Gasteiger partial charge on any atom is -0.0308 e. The van der Waals surface area contributed by atoms with E-state index < -0.39 is 0 Å². The van der Waals surface area contributed by atoms with Crippen molar-refractivity contribution in [2.45, 2.75) is 71.6 Å². The second-order valence-electron chi connectivity index (χ2n) is 3.67. The molecule has 0 nitrogen and oxygen atoms in total. The second kappa shape index (κ2) is 11.7. The van der Waals surface area contributed by atoms with Gasteiger partial charge in [-0.3, -0.25) is 0 Å². The van der Waals surface area contributed by atoms with E-state index in [9.17, 15) is 0 Å². The maximum atomic E-state index is 3.23. The van der Waals surface area contributed by atoms with Crippen molar-refractivity contribution in [2.24, 2.45) is 0 Å². The average Bonchev–Trinajstić information content (AvgIpc) is 2.16. The summed E-state index contributed by atoms with van der Waals surface area (Å²) in [6.07, 6.45) is 17.6. The molecule has 0 saturated heterocycles. The standard InChI is InChI=1S/C13H25/c1-3-5-7-9-11-13-12-10-8-6-4-2/h8H,3-5,7,9-13H2,1-2H3. The fourth-order valence-electron chi connectivity index (χ4n) is 1.45. The van der Waals surface area contributed by atoms with E-state index in [0.717, 1.165) is 6.42 Å². The molecule has 0 atom stereocenters. The van der Waals surface area contributed by atoms with Gasteiger partial charge in [0.15, 0.2) is 0 Å². The van der Waals surface area contributed by atoms with Crippen LogP contribution in [0.3, 0.4) is 0 Å². The fraction of sp³-hybridized carbons (Fsp3) is 0.846. The molecule has 0 aliphatic rings. The Kier molecular flexibility index (Phi) is 11.5. The lowest BCUT2D eigenvalue weighted by molar-refractivity contribution is 0.592. The van der Waals surface area contributed by atoms with Crippen LogP contribution in [0.25, 0.3) is 0 Å². The molecule has 0 saturated carbocycles. The quantitative estimate of drug-likeness (QED) is 0.444.